The third kappa shape index (κ3) is 4.42. The number of carbonyl (C=O) groups is 1. The summed E-state index contributed by atoms with van der Waals surface area (Å²) in [5.41, 5.74) is 2.17. The van der Waals surface area contributed by atoms with Crippen molar-refractivity contribution >= 4 is 15.9 Å². The largest absolute Gasteiger partial charge is 0.345 e. The molecule has 0 N–H and O–H groups in total. The standard InChI is InChI=1S/C22H27N5O3S/c1-24-17-20(31(29,30)26-11-7-4-8-12-26)13-21(24)22(28)25(2)15-18-14-23-27(16-18)19-9-5-3-6-10-19/h3,5-6,9-10,13-14,16-17H,4,7-8,11-12,15H2,1-2H3. The number of hydrogen-bond acceptors (Lipinski definition) is 4. The highest BCUT2D eigenvalue weighted by Gasteiger charge is 2.29. The Morgan fingerprint density at radius 3 is 2.52 bits per heavy atom. The number of hydrogen-bond donors (Lipinski definition) is 0. The van der Waals surface area contributed by atoms with Crippen LogP contribution in [0.25, 0.3) is 5.69 Å². The van der Waals surface area contributed by atoms with Gasteiger partial charge in [-0.3, -0.25) is 4.79 Å². The van der Waals surface area contributed by atoms with Crippen molar-refractivity contribution in [3.8, 4) is 5.69 Å². The fraction of sp³-hybridized carbons (Fsp3) is 0.364. The van der Waals surface area contributed by atoms with Crippen molar-refractivity contribution in [2.24, 2.45) is 7.05 Å². The number of amides is 1. The predicted octanol–water partition coefficient (Wildman–Crippen LogP) is 2.66. The first-order valence-corrected chi connectivity index (χ1v) is 11.8. The highest BCUT2D eigenvalue weighted by Crippen LogP contribution is 2.23. The third-order valence-electron chi connectivity index (χ3n) is 5.58. The zero-order valence-electron chi connectivity index (χ0n) is 17.8. The van der Waals surface area contributed by atoms with E-state index < -0.39 is 10.0 Å². The van der Waals surface area contributed by atoms with Crippen LogP contribution in [0.5, 0.6) is 0 Å². The number of benzene rings is 1. The fourth-order valence-electron chi connectivity index (χ4n) is 3.85. The van der Waals surface area contributed by atoms with E-state index in [1.165, 1.54) is 16.6 Å². The van der Waals surface area contributed by atoms with Crippen LogP contribution >= 0.6 is 0 Å². The van der Waals surface area contributed by atoms with Crippen LogP contribution < -0.4 is 0 Å². The summed E-state index contributed by atoms with van der Waals surface area (Å²) < 4.78 is 30.8. The molecule has 0 saturated carbocycles. The first kappa shape index (κ1) is 21.3. The summed E-state index contributed by atoms with van der Waals surface area (Å²) >= 11 is 0. The van der Waals surface area contributed by atoms with Crippen molar-refractivity contribution in [1.29, 1.82) is 0 Å². The molecule has 0 unspecified atom stereocenters. The maximum Gasteiger partial charge on any atom is 0.270 e. The van der Waals surface area contributed by atoms with Gasteiger partial charge in [-0.05, 0) is 31.0 Å². The number of nitrogens with zero attached hydrogens (tertiary/aromatic N) is 5. The van der Waals surface area contributed by atoms with Crippen LogP contribution in [0.1, 0.15) is 35.3 Å². The van der Waals surface area contributed by atoms with Gasteiger partial charge in [-0.15, -0.1) is 0 Å². The van der Waals surface area contributed by atoms with Gasteiger partial charge < -0.3 is 9.47 Å². The van der Waals surface area contributed by atoms with Crippen molar-refractivity contribution in [2.45, 2.75) is 30.7 Å². The van der Waals surface area contributed by atoms with Crippen molar-refractivity contribution < 1.29 is 13.2 Å². The van der Waals surface area contributed by atoms with E-state index in [1.807, 2.05) is 36.5 Å². The molecule has 1 aliphatic rings. The minimum Gasteiger partial charge on any atom is -0.345 e. The maximum atomic E-state index is 13.0. The second kappa shape index (κ2) is 8.68. The van der Waals surface area contributed by atoms with E-state index in [0.29, 0.717) is 25.3 Å². The molecule has 3 heterocycles. The SMILES string of the molecule is CN(Cc1cnn(-c2ccccc2)c1)C(=O)c1cc(S(=O)(=O)N2CCCCC2)cn1C. The van der Waals surface area contributed by atoms with E-state index in [0.717, 1.165) is 30.5 Å². The first-order chi connectivity index (χ1) is 14.9. The van der Waals surface area contributed by atoms with Crippen LogP contribution in [0.4, 0.5) is 0 Å². The minimum absolute atomic E-state index is 0.172. The number of para-hydroxylation sites is 1. The highest BCUT2D eigenvalue weighted by atomic mass is 32.2. The van der Waals surface area contributed by atoms with Gasteiger partial charge in [0.25, 0.3) is 5.91 Å². The maximum absolute atomic E-state index is 13.0. The lowest BCUT2D eigenvalue weighted by Crippen LogP contribution is -2.35. The molecule has 8 nitrogen and oxygen atoms in total. The van der Waals surface area contributed by atoms with E-state index in [1.54, 1.807) is 34.4 Å². The summed E-state index contributed by atoms with van der Waals surface area (Å²) in [5.74, 6) is -0.241. The molecule has 0 aliphatic carbocycles. The molecule has 31 heavy (non-hydrogen) atoms. The normalized spacial score (nSPS) is 15.2. The van der Waals surface area contributed by atoms with Gasteiger partial charge in [0.05, 0.1) is 11.9 Å². The van der Waals surface area contributed by atoms with E-state index in [2.05, 4.69) is 5.10 Å². The number of aromatic nitrogens is 3. The zero-order valence-corrected chi connectivity index (χ0v) is 18.6. The Hall–Kier alpha value is -2.91. The molecule has 1 amide bonds. The van der Waals surface area contributed by atoms with Crippen LogP contribution in [-0.4, -0.2) is 58.0 Å². The molecule has 164 valence electrons. The van der Waals surface area contributed by atoms with Crippen molar-refractivity contribution in [1.82, 2.24) is 23.6 Å². The number of aryl methyl sites for hydroxylation is 1. The van der Waals surface area contributed by atoms with E-state index in [9.17, 15) is 13.2 Å². The summed E-state index contributed by atoms with van der Waals surface area (Å²) in [4.78, 5) is 14.8. The van der Waals surface area contributed by atoms with Crippen LogP contribution in [0.3, 0.4) is 0 Å². The van der Waals surface area contributed by atoms with Gasteiger partial charge in [0, 0.05) is 51.7 Å². The lowest BCUT2D eigenvalue weighted by molar-refractivity contribution is 0.0775. The molecule has 1 aliphatic heterocycles. The molecule has 9 heteroatoms. The molecular weight excluding hydrogens is 414 g/mol. The van der Waals surface area contributed by atoms with Gasteiger partial charge in [-0.2, -0.15) is 9.40 Å². The molecule has 0 bridgehead atoms. The smallest absolute Gasteiger partial charge is 0.270 e. The molecule has 4 rings (SSSR count). The van der Waals surface area contributed by atoms with E-state index >= 15 is 0 Å². The summed E-state index contributed by atoms with van der Waals surface area (Å²) in [6, 6.07) is 11.2. The van der Waals surface area contributed by atoms with Crippen LogP contribution in [-0.2, 0) is 23.6 Å². The quantitative estimate of drug-likeness (QED) is 0.589. The Bertz CT molecular complexity index is 1160. The third-order valence-corrected chi connectivity index (χ3v) is 7.44. The highest BCUT2D eigenvalue weighted by molar-refractivity contribution is 7.89. The molecule has 0 radical (unpaired) electrons. The number of piperidine rings is 1. The number of carbonyl (C=O) groups excluding carboxylic acids is 1. The summed E-state index contributed by atoms with van der Waals surface area (Å²) in [6.45, 7) is 1.43. The van der Waals surface area contributed by atoms with Gasteiger partial charge in [0.1, 0.15) is 10.6 Å². The molecular formula is C22H27N5O3S. The predicted molar refractivity (Wildman–Crippen MR) is 117 cm³/mol. The second-order valence-corrected chi connectivity index (χ2v) is 9.86. The fourth-order valence-corrected chi connectivity index (χ4v) is 5.44. The number of rotatable bonds is 6. The topological polar surface area (TPSA) is 80.4 Å². The van der Waals surface area contributed by atoms with Gasteiger partial charge in [-0.25, -0.2) is 13.1 Å². The minimum atomic E-state index is -3.58. The summed E-state index contributed by atoms with van der Waals surface area (Å²) in [6.07, 6.45) is 7.94. The Labute approximate surface area is 182 Å². The lowest BCUT2D eigenvalue weighted by atomic mass is 10.2. The monoisotopic (exact) mass is 441 g/mol. The Balaban J connectivity index is 1.49. The van der Waals surface area contributed by atoms with Crippen LogP contribution in [0.2, 0.25) is 0 Å². The Kier molecular flexibility index (Phi) is 5.97. The Morgan fingerprint density at radius 1 is 1.10 bits per heavy atom. The van der Waals surface area contributed by atoms with Crippen LogP contribution in [0.15, 0.2) is 59.9 Å². The van der Waals surface area contributed by atoms with Gasteiger partial charge in [0.15, 0.2) is 0 Å². The summed E-state index contributed by atoms with van der Waals surface area (Å²) in [5, 5.41) is 4.37. The van der Waals surface area contributed by atoms with Crippen LogP contribution in [0, 0.1) is 0 Å². The molecule has 3 aromatic rings. The first-order valence-electron chi connectivity index (χ1n) is 10.4. The van der Waals surface area contributed by atoms with Gasteiger partial charge >= 0.3 is 0 Å². The zero-order chi connectivity index (χ0) is 22.0. The van der Waals surface area contributed by atoms with Crippen molar-refractivity contribution in [3.63, 3.8) is 0 Å². The molecule has 1 aromatic carbocycles. The van der Waals surface area contributed by atoms with Gasteiger partial charge in [-0.1, -0.05) is 24.6 Å². The molecule has 1 saturated heterocycles. The average molecular weight is 442 g/mol. The molecule has 2 aromatic heterocycles. The molecule has 0 spiro atoms. The molecule has 1 fully saturated rings. The Morgan fingerprint density at radius 2 is 1.81 bits per heavy atom. The average Bonchev–Trinajstić information content (AvgIpc) is 3.41. The van der Waals surface area contributed by atoms with Gasteiger partial charge in [0.2, 0.25) is 10.0 Å². The molecule has 0 atom stereocenters. The number of sulfonamides is 1. The summed E-state index contributed by atoms with van der Waals surface area (Å²) in [7, 11) is -0.180. The lowest BCUT2D eigenvalue weighted by Gasteiger charge is -2.25. The second-order valence-electron chi connectivity index (χ2n) is 7.93. The van der Waals surface area contributed by atoms with E-state index in [-0.39, 0.29) is 10.8 Å². The van der Waals surface area contributed by atoms with E-state index in [4.69, 9.17) is 0 Å². The van der Waals surface area contributed by atoms with Crippen molar-refractivity contribution in [3.05, 3.63) is 66.2 Å². The van der Waals surface area contributed by atoms with Crippen molar-refractivity contribution in [2.75, 3.05) is 20.1 Å².